The number of aromatic nitrogens is 2. The topological polar surface area (TPSA) is 69.3 Å². The molecule has 0 unspecified atom stereocenters. The van der Waals surface area contributed by atoms with E-state index in [0.717, 1.165) is 28.1 Å². The van der Waals surface area contributed by atoms with Crippen LogP contribution in [0.15, 0.2) is 59.0 Å². The molecule has 2 aromatic carbocycles. The molecule has 0 aliphatic heterocycles. The second-order valence-electron chi connectivity index (χ2n) is 8.06. The first-order valence-corrected chi connectivity index (χ1v) is 10.7. The number of carbonyl (C=O) groups is 1. The largest absolute Gasteiger partial charge is 0.485 e. The van der Waals surface area contributed by atoms with Gasteiger partial charge in [0.05, 0.1) is 23.6 Å². The highest BCUT2D eigenvalue weighted by Crippen LogP contribution is 2.25. The Morgan fingerprint density at radius 1 is 1.06 bits per heavy atom. The maximum absolute atomic E-state index is 13.5. The van der Waals surface area contributed by atoms with Crippen LogP contribution < -0.4 is 10.1 Å². The summed E-state index contributed by atoms with van der Waals surface area (Å²) in [7, 11) is 0. The van der Waals surface area contributed by atoms with Crippen LogP contribution in [0.1, 0.15) is 44.4 Å². The minimum Gasteiger partial charge on any atom is -0.485 e. The zero-order chi connectivity index (χ0) is 23.5. The molecule has 0 fully saturated rings. The number of nitrogens with zero attached hydrogens (tertiary/aromatic N) is 2. The van der Waals surface area contributed by atoms with Crippen LogP contribution in [0, 0.1) is 33.5 Å². The van der Waals surface area contributed by atoms with Gasteiger partial charge >= 0.3 is 0 Å². The molecule has 33 heavy (non-hydrogen) atoms. The lowest BCUT2D eigenvalue weighted by Crippen LogP contribution is -2.12. The molecule has 7 heteroatoms. The SMILES string of the molecule is Cc1cccc(C)c1OCc1ccc(C(=O)Nc2c(C)nn(Cc3cccc(F)c3)c2C)o1. The van der Waals surface area contributed by atoms with Gasteiger partial charge in [0.15, 0.2) is 5.76 Å². The summed E-state index contributed by atoms with van der Waals surface area (Å²) in [5.41, 5.74) is 4.93. The second-order valence-corrected chi connectivity index (χ2v) is 8.06. The third kappa shape index (κ3) is 4.98. The van der Waals surface area contributed by atoms with E-state index >= 15 is 0 Å². The molecule has 0 saturated carbocycles. The number of benzene rings is 2. The van der Waals surface area contributed by atoms with Crippen molar-refractivity contribution in [1.29, 1.82) is 0 Å². The average molecular weight is 448 g/mol. The van der Waals surface area contributed by atoms with E-state index < -0.39 is 0 Å². The van der Waals surface area contributed by atoms with E-state index in [2.05, 4.69) is 10.4 Å². The Bertz CT molecular complexity index is 1290. The number of amides is 1. The number of aryl methyl sites for hydroxylation is 3. The van der Waals surface area contributed by atoms with Crippen LogP contribution in [-0.4, -0.2) is 15.7 Å². The van der Waals surface area contributed by atoms with Gasteiger partial charge in [-0.1, -0.05) is 30.3 Å². The van der Waals surface area contributed by atoms with Crippen LogP contribution in [0.5, 0.6) is 5.75 Å². The van der Waals surface area contributed by atoms with Gasteiger partial charge in [-0.15, -0.1) is 0 Å². The Kier molecular flexibility index (Phi) is 6.31. The minimum atomic E-state index is -0.371. The summed E-state index contributed by atoms with van der Waals surface area (Å²) < 4.78 is 26.9. The molecule has 170 valence electrons. The molecule has 0 aliphatic rings. The Hall–Kier alpha value is -3.87. The monoisotopic (exact) mass is 447 g/mol. The first-order chi connectivity index (χ1) is 15.8. The van der Waals surface area contributed by atoms with Crippen molar-refractivity contribution in [1.82, 2.24) is 9.78 Å². The number of furan rings is 1. The molecule has 0 aliphatic carbocycles. The first kappa shape index (κ1) is 22.3. The fourth-order valence-electron chi connectivity index (χ4n) is 3.76. The molecule has 2 heterocycles. The van der Waals surface area contributed by atoms with Crippen LogP contribution in [0.25, 0.3) is 0 Å². The van der Waals surface area contributed by atoms with Crippen molar-refractivity contribution in [2.45, 2.75) is 40.8 Å². The highest BCUT2D eigenvalue weighted by molar-refractivity contribution is 6.02. The number of hydrogen-bond donors (Lipinski definition) is 1. The summed E-state index contributed by atoms with van der Waals surface area (Å²) in [5.74, 6) is 0.893. The highest BCUT2D eigenvalue weighted by Gasteiger charge is 2.18. The number of para-hydroxylation sites is 1. The molecule has 0 atom stereocenters. The number of anilines is 1. The van der Waals surface area contributed by atoms with Crippen molar-refractivity contribution in [3.63, 3.8) is 0 Å². The first-order valence-electron chi connectivity index (χ1n) is 10.7. The minimum absolute atomic E-state index is 0.187. The van der Waals surface area contributed by atoms with Crippen LogP contribution in [-0.2, 0) is 13.2 Å². The molecule has 1 N–H and O–H groups in total. The lowest BCUT2D eigenvalue weighted by molar-refractivity contribution is 0.0992. The molecule has 0 bridgehead atoms. The van der Waals surface area contributed by atoms with E-state index in [9.17, 15) is 9.18 Å². The summed E-state index contributed by atoms with van der Waals surface area (Å²) in [6.07, 6.45) is 0. The van der Waals surface area contributed by atoms with E-state index in [0.29, 0.717) is 23.7 Å². The Morgan fingerprint density at radius 3 is 2.52 bits per heavy atom. The van der Waals surface area contributed by atoms with Gasteiger partial charge in [-0.05, 0) is 68.7 Å². The van der Waals surface area contributed by atoms with Crippen LogP contribution >= 0.6 is 0 Å². The predicted molar refractivity (Wildman–Crippen MR) is 124 cm³/mol. The van der Waals surface area contributed by atoms with Crippen molar-refractivity contribution >= 4 is 11.6 Å². The molecule has 4 aromatic rings. The lowest BCUT2D eigenvalue weighted by atomic mass is 10.1. The third-order valence-corrected chi connectivity index (χ3v) is 5.49. The highest BCUT2D eigenvalue weighted by atomic mass is 19.1. The summed E-state index contributed by atoms with van der Waals surface area (Å²) >= 11 is 0. The molecule has 0 radical (unpaired) electrons. The van der Waals surface area contributed by atoms with Crippen molar-refractivity contribution in [3.8, 4) is 5.75 Å². The Morgan fingerprint density at radius 2 is 1.79 bits per heavy atom. The van der Waals surface area contributed by atoms with Crippen molar-refractivity contribution in [2.24, 2.45) is 0 Å². The zero-order valence-electron chi connectivity index (χ0n) is 19.1. The fraction of sp³-hybridized carbons (Fsp3) is 0.231. The van der Waals surface area contributed by atoms with Crippen LogP contribution in [0.3, 0.4) is 0 Å². The Labute approximate surface area is 192 Å². The summed E-state index contributed by atoms with van der Waals surface area (Å²) in [5, 5.41) is 7.38. The van der Waals surface area contributed by atoms with Gasteiger partial charge in [0.25, 0.3) is 5.91 Å². The van der Waals surface area contributed by atoms with Crippen molar-refractivity contribution in [2.75, 3.05) is 5.32 Å². The van der Waals surface area contributed by atoms with E-state index in [1.807, 2.05) is 52.0 Å². The molecule has 1 amide bonds. The molecule has 0 spiro atoms. The second kappa shape index (κ2) is 9.32. The van der Waals surface area contributed by atoms with E-state index in [4.69, 9.17) is 9.15 Å². The number of hydrogen-bond acceptors (Lipinski definition) is 4. The van der Waals surface area contributed by atoms with Gasteiger partial charge in [0.1, 0.15) is 23.9 Å². The average Bonchev–Trinajstić information content (AvgIpc) is 3.34. The van der Waals surface area contributed by atoms with Crippen LogP contribution in [0.2, 0.25) is 0 Å². The maximum Gasteiger partial charge on any atom is 0.291 e. The number of rotatable bonds is 7. The van der Waals surface area contributed by atoms with Gasteiger partial charge < -0.3 is 14.5 Å². The van der Waals surface area contributed by atoms with Crippen molar-refractivity contribution in [3.05, 3.63) is 100 Å². The van der Waals surface area contributed by atoms with E-state index in [1.54, 1.807) is 22.9 Å². The lowest BCUT2D eigenvalue weighted by Gasteiger charge is -2.10. The molecular formula is C26H26FN3O3. The summed E-state index contributed by atoms with van der Waals surface area (Å²) in [4.78, 5) is 12.8. The predicted octanol–water partition coefficient (Wildman–Crippen LogP) is 5.73. The zero-order valence-corrected chi connectivity index (χ0v) is 19.1. The van der Waals surface area contributed by atoms with Crippen molar-refractivity contribution < 1.29 is 18.3 Å². The molecule has 4 rings (SSSR count). The summed E-state index contributed by atoms with van der Waals surface area (Å²) in [6, 6.07) is 15.7. The van der Waals surface area contributed by atoms with E-state index in [-0.39, 0.29) is 24.1 Å². The molecule has 2 aromatic heterocycles. The standard InChI is InChI=1S/C26H26FN3O3/c1-16-7-5-8-17(2)25(16)32-15-22-11-12-23(33-22)26(31)28-24-18(3)29-30(19(24)4)14-20-9-6-10-21(27)13-20/h5-13H,14-15H2,1-4H3,(H,28,31). The summed E-state index contributed by atoms with van der Waals surface area (Å²) in [6.45, 7) is 8.28. The molecular weight excluding hydrogens is 421 g/mol. The molecule has 0 saturated heterocycles. The van der Waals surface area contributed by atoms with Gasteiger partial charge in [-0.3, -0.25) is 9.48 Å². The number of nitrogens with one attached hydrogen (secondary N) is 1. The number of halogens is 1. The maximum atomic E-state index is 13.5. The third-order valence-electron chi connectivity index (χ3n) is 5.49. The quantitative estimate of drug-likeness (QED) is 0.393. The van der Waals surface area contributed by atoms with Gasteiger partial charge in [0.2, 0.25) is 0 Å². The Balaban J connectivity index is 1.44. The normalized spacial score (nSPS) is 10.9. The van der Waals surface area contributed by atoms with E-state index in [1.165, 1.54) is 12.1 Å². The number of carbonyl (C=O) groups excluding carboxylic acids is 1. The fourth-order valence-corrected chi connectivity index (χ4v) is 3.76. The number of ether oxygens (including phenoxy) is 1. The van der Waals surface area contributed by atoms with Gasteiger partial charge in [0, 0.05) is 0 Å². The van der Waals surface area contributed by atoms with Gasteiger partial charge in [-0.25, -0.2) is 4.39 Å². The smallest absolute Gasteiger partial charge is 0.291 e. The molecule has 6 nitrogen and oxygen atoms in total. The van der Waals surface area contributed by atoms with Crippen LogP contribution in [0.4, 0.5) is 10.1 Å². The van der Waals surface area contributed by atoms with Gasteiger partial charge in [-0.2, -0.15) is 5.10 Å².